The molecule has 208 valence electrons. The lowest BCUT2D eigenvalue weighted by atomic mass is 9.82. The Labute approximate surface area is 227 Å². The van der Waals surface area contributed by atoms with Gasteiger partial charge in [0.1, 0.15) is 0 Å². The first-order valence-corrected chi connectivity index (χ1v) is 15.3. The van der Waals surface area contributed by atoms with Crippen LogP contribution in [-0.2, 0) is 4.74 Å². The van der Waals surface area contributed by atoms with Gasteiger partial charge in [-0.15, -0.1) is 0 Å². The Morgan fingerprint density at radius 1 is 0.895 bits per heavy atom. The summed E-state index contributed by atoms with van der Waals surface area (Å²) in [5, 5.41) is 6.49. The Hall–Kier alpha value is -2.19. The van der Waals surface area contributed by atoms with E-state index in [1.54, 1.807) is 0 Å². The molecule has 0 aromatic carbocycles. The molecule has 2 saturated heterocycles. The van der Waals surface area contributed by atoms with E-state index >= 15 is 0 Å². The summed E-state index contributed by atoms with van der Waals surface area (Å²) in [7, 11) is 1.45. The number of likely N-dealkylation sites (tertiary alicyclic amines) is 1. The molecule has 2 aliphatic carbocycles. The van der Waals surface area contributed by atoms with E-state index in [1.165, 1.54) is 82.6 Å². The van der Waals surface area contributed by atoms with E-state index in [0.717, 1.165) is 50.4 Å². The number of aromatic nitrogens is 3. The van der Waals surface area contributed by atoms with Crippen LogP contribution in [0.4, 0.5) is 5.69 Å². The average molecular weight is 523 g/mol. The van der Waals surface area contributed by atoms with E-state index in [2.05, 4.69) is 33.2 Å². The molecule has 0 radical (unpaired) electrons. The molecule has 2 aromatic rings. The van der Waals surface area contributed by atoms with Crippen molar-refractivity contribution < 1.29 is 9.53 Å². The van der Waals surface area contributed by atoms with Gasteiger partial charge in [-0.05, 0) is 71.5 Å². The standard InChI is InChI=1S/C30H46N6O2/c1-21(2)33-14-12-23(13-15-33)34-16-18-35(19-17-34)26-20-25(30(37)38-3)31-29-27(26)28(22-8-7-9-22)32-36(29)24-10-5-4-6-11-24/h20-24H,4-19H2,1-3H3. The zero-order chi connectivity index (χ0) is 26.2. The van der Waals surface area contributed by atoms with Gasteiger partial charge in [0.15, 0.2) is 11.3 Å². The number of carbonyl (C=O) groups excluding carboxylic acids is 1. The number of pyridine rings is 1. The summed E-state index contributed by atoms with van der Waals surface area (Å²) in [5.74, 6) is 0.157. The number of methoxy groups -OCH3 is 1. The van der Waals surface area contributed by atoms with Gasteiger partial charge in [-0.1, -0.05) is 25.7 Å². The first-order valence-electron chi connectivity index (χ1n) is 15.3. The van der Waals surface area contributed by atoms with Crippen molar-refractivity contribution in [1.82, 2.24) is 24.6 Å². The van der Waals surface area contributed by atoms with Crippen LogP contribution in [0.2, 0.25) is 0 Å². The summed E-state index contributed by atoms with van der Waals surface area (Å²) in [6.07, 6.45) is 12.3. The van der Waals surface area contributed by atoms with E-state index in [9.17, 15) is 4.79 Å². The van der Waals surface area contributed by atoms with E-state index in [4.69, 9.17) is 14.8 Å². The van der Waals surface area contributed by atoms with Crippen LogP contribution in [0.3, 0.4) is 0 Å². The van der Waals surface area contributed by atoms with Crippen molar-refractivity contribution >= 4 is 22.7 Å². The van der Waals surface area contributed by atoms with Gasteiger partial charge in [-0.3, -0.25) is 4.90 Å². The molecule has 0 unspecified atom stereocenters. The minimum Gasteiger partial charge on any atom is -0.464 e. The van der Waals surface area contributed by atoms with Crippen molar-refractivity contribution in [3.63, 3.8) is 0 Å². The number of hydrogen-bond acceptors (Lipinski definition) is 7. The van der Waals surface area contributed by atoms with Crippen LogP contribution in [0, 0.1) is 0 Å². The highest BCUT2D eigenvalue weighted by atomic mass is 16.5. The third-order valence-electron chi connectivity index (χ3n) is 9.88. The molecule has 0 amide bonds. The lowest BCUT2D eigenvalue weighted by Gasteiger charge is -2.44. The fourth-order valence-electron chi connectivity index (χ4n) is 7.25. The first kappa shape index (κ1) is 26.1. The predicted molar refractivity (Wildman–Crippen MR) is 151 cm³/mol. The minimum atomic E-state index is -0.356. The number of hydrogen-bond donors (Lipinski definition) is 0. The third-order valence-corrected chi connectivity index (χ3v) is 9.88. The van der Waals surface area contributed by atoms with Crippen molar-refractivity contribution in [1.29, 1.82) is 0 Å². The monoisotopic (exact) mass is 522 g/mol. The van der Waals surface area contributed by atoms with Gasteiger partial charge in [0, 0.05) is 44.2 Å². The van der Waals surface area contributed by atoms with Crippen molar-refractivity contribution in [3.8, 4) is 0 Å². The summed E-state index contributed by atoms with van der Waals surface area (Å²) in [6.45, 7) is 11.1. The number of carbonyl (C=O) groups is 1. The Bertz CT molecular complexity index is 1120. The molecule has 0 N–H and O–H groups in total. The van der Waals surface area contributed by atoms with Gasteiger partial charge in [0.2, 0.25) is 0 Å². The quantitative estimate of drug-likeness (QED) is 0.496. The van der Waals surface area contributed by atoms with Crippen LogP contribution in [0.15, 0.2) is 6.07 Å². The molecule has 8 heteroatoms. The van der Waals surface area contributed by atoms with Crippen molar-refractivity contribution in [2.24, 2.45) is 0 Å². The molecule has 4 heterocycles. The van der Waals surface area contributed by atoms with Crippen LogP contribution < -0.4 is 4.90 Å². The molecular weight excluding hydrogens is 476 g/mol. The summed E-state index contributed by atoms with van der Waals surface area (Å²) in [6, 6.07) is 3.71. The fraction of sp³-hybridized carbons (Fsp3) is 0.767. The number of piperidine rings is 1. The Kier molecular flexibility index (Phi) is 7.63. The number of ether oxygens (including phenoxy) is 1. The largest absolute Gasteiger partial charge is 0.464 e. The molecule has 4 aliphatic rings. The maximum Gasteiger partial charge on any atom is 0.356 e. The van der Waals surface area contributed by atoms with Crippen LogP contribution in [0.1, 0.15) is 106 Å². The summed E-state index contributed by atoms with van der Waals surface area (Å²) < 4.78 is 7.36. The van der Waals surface area contributed by atoms with Gasteiger partial charge in [0.25, 0.3) is 0 Å². The number of nitrogens with zero attached hydrogens (tertiary/aromatic N) is 6. The van der Waals surface area contributed by atoms with Crippen molar-refractivity contribution in [3.05, 3.63) is 17.5 Å². The van der Waals surface area contributed by atoms with E-state index in [-0.39, 0.29) is 5.97 Å². The number of esters is 1. The topological polar surface area (TPSA) is 66.7 Å². The smallest absolute Gasteiger partial charge is 0.356 e. The van der Waals surface area contributed by atoms with Crippen LogP contribution in [-0.4, -0.2) is 89.0 Å². The number of rotatable bonds is 6. The van der Waals surface area contributed by atoms with Crippen molar-refractivity contribution in [2.45, 2.75) is 102 Å². The lowest BCUT2D eigenvalue weighted by molar-refractivity contribution is 0.0594. The van der Waals surface area contributed by atoms with Crippen LogP contribution in [0.5, 0.6) is 0 Å². The molecule has 0 atom stereocenters. The van der Waals surface area contributed by atoms with Gasteiger partial charge in [-0.25, -0.2) is 14.5 Å². The summed E-state index contributed by atoms with van der Waals surface area (Å²) in [5.41, 5.74) is 3.68. The second-order valence-electron chi connectivity index (χ2n) is 12.4. The summed E-state index contributed by atoms with van der Waals surface area (Å²) in [4.78, 5) is 25.5. The van der Waals surface area contributed by atoms with Crippen LogP contribution >= 0.6 is 0 Å². The highest BCUT2D eigenvalue weighted by Crippen LogP contribution is 2.44. The van der Waals surface area contributed by atoms with Gasteiger partial charge in [0.05, 0.1) is 29.9 Å². The normalized spacial score (nSPS) is 23.3. The summed E-state index contributed by atoms with van der Waals surface area (Å²) >= 11 is 0. The molecule has 2 aromatic heterocycles. The highest BCUT2D eigenvalue weighted by molar-refractivity contribution is 5.98. The number of fused-ring (bicyclic) bond motifs is 1. The Morgan fingerprint density at radius 2 is 1.61 bits per heavy atom. The zero-order valence-corrected chi connectivity index (χ0v) is 23.7. The second-order valence-corrected chi connectivity index (χ2v) is 12.4. The lowest BCUT2D eigenvalue weighted by Crippen LogP contribution is -2.54. The predicted octanol–water partition coefficient (Wildman–Crippen LogP) is 4.99. The highest BCUT2D eigenvalue weighted by Gasteiger charge is 2.34. The molecule has 2 aliphatic heterocycles. The second kappa shape index (κ2) is 11.1. The van der Waals surface area contributed by atoms with E-state index in [1.807, 2.05) is 6.07 Å². The molecule has 38 heavy (non-hydrogen) atoms. The molecular formula is C30H46N6O2. The zero-order valence-electron chi connectivity index (χ0n) is 23.7. The molecule has 0 bridgehead atoms. The average Bonchev–Trinajstić information content (AvgIpc) is 3.30. The molecule has 8 nitrogen and oxygen atoms in total. The van der Waals surface area contributed by atoms with E-state index in [0.29, 0.717) is 29.7 Å². The third kappa shape index (κ3) is 4.94. The Balaban J connectivity index is 1.31. The van der Waals surface area contributed by atoms with Crippen molar-refractivity contribution in [2.75, 3.05) is 51.3 Å². The molecule has 4 fully saturated rings. The molecule has 6 rings (SSSR count). The SMILES string of the molecule is COC(=O)c1cc(N2CCN(C3CCN(C(C)C)CC3)CC2)c2c(C3CCC3)nn(C3CCCCC3)c2n1. The molecule has 2 saturated carbocycles. The van der Waals surface area contributed by atoms with Gasteiger partial charge in [-0.2, -0.15) is 5.10 Å². The number of anilines is 1. The minimum absolute atomic E-state index is 0.356. The first-order chi connectivity index (χ1) is 18.5. The van der Waals surface area contributed by atoms with Gasteiger partial charge >= 0.3 is 5.97 Å². The van der Waals surface area contributed by atoms with E-state index < -0.39 is 0 Å². The number of piperazine rings is 1. The Morgan fingerprint density at radius 3 is 2.21 bits per heavy atom. The molecule has 0 spiro atoms. The van der Waals surface area contributed by atoms with Gasteiger partial charge < -0.3 is 14.5 Å². The maximum atomic E-state index is 12.8. The van der Waals surface area contributed by atoms with Crippen LogP contribution in [0.25, 0.3) is 11.0 Å². The fourth-order valence-corrected chi connectivity index (χ4v) is 7.25. The maximum absolute atomic E-state index is 12.8.